The van der Waals surface area contributed by atoms with Crippen molar-refractivity contribution in [3.8, 4) is 158 Å². The van der Waals surface area contributed by atoms with Crippen LogP contribution in [0.5, 0.6) is 23.0 Å². The molecule has 2 aliphatic carbocycles. The van der Waals surface area contributed by atoms with Gasteiger partial charge in [-0.15, -0.1) is 0 Å². The highest BCUT2D eigenvalue weighted by molar-refractivity contribution is 5.92. The molecule has 2 aromatic heterocycles. The molecule has 0 saturated carbocycles. The molecule has 0 N–H and O–H groups in total. The normalized spacial score (nSPS) is 13.2. The Balaban J connectivity index is 0.563. The highest BCUT2D eigenvalue weighted by Crippen LogP contribution is 2.65. The number of fused-ring (bicyclic) bond motifs is 18. The van der Waals surface area contributed by atoms with Gasteiger partial charge in [-0.2, -0.15) is 0 Å². The predicted octanol–water partition coefficient (Wildman–Crippen LogP) is 23.7. The minimum Gasteiger partial charge on any atom is -0.457 e. The number of hydrogen-bond donors (Lipinski definition) is 0. The Kier molecular flexibility index (Phi) is 13.9. The van der Waals surface area contributed by atoms with Crippen LogP contribution in [0.25, 0.3) is 135 Å². The van der Waals surface area contributed by atoms with E-state index in [9.17, 15) is 0 Å². The van der Waals surface area contributed by atoms with Gasteiger partial charge in [0.05, 0.1) is 10.8 Å². The molecule has 8 heteroatoms. The summed E-state index contributed by atoms with van der Waals surface area (Å²) >= 11 is 0. The molecule has 17 aromatic rings. The molecule has 0 fully saturated rings. The smallest absolute Gasteiger partial charge is 0.164 e. The van der Waals surface area contributed by atoms with Crippen molar-refractivity contribution in [3.05, 3.63) is 408 Å². The number of aromatic nitrogens is 6. The van der Waals surface area contributed by atoms with Gasteiger partial charge < -0.3 is 9.47 Å². The lowest BCUT2D eigenvalue weighted by molar-refractivity contribution is 0.436. The summed E-state index contributed by atoms with van der Waals surface area (Å²) in [5, 5.41) is 0. The summed E-state index contributed by atoms with van der Waals surface area (Å²) in [5.41, 5.74) is 27.2. The molecule has 0 saturated heterocycles. The summed E-state index contributed by atoms with van der Waals surface area (Å²) in [6, 6.07) is 129. The number of para-hydroxylation sites is 3. The van der Waals surface area contributed by atoms with E-state index in [2.05, 4.69) is 303 Å². The number of rotatable bonds is 10. The fourth-order valence-corrected chi connectivity index (χ4v) is 17.0. The molecule has 8 nitrogen and oxygen atoms in total. The predicted molar refractivity (Wildman–Crippen MR) is 422 cm³/mol. The van der Waals surface area contributed by atoms with Crippen LogP contribution in [0.2, 0.25) is 0 Å². The third-order valence-electron chi connectivity index (χ3n) is 21.8. The summed E-state index contributed by atoms with van der Waals surface area (Å²) in [4.78, 5) is 30.9. The summed E-state index contributed by atoms with van der Waals surface area (Å²) < 4.78 is 13.8. The van der Waals surface area contributed by atoms with Crippen LogP contribution >= 0.6 is 0 Å². The van der Waals surface area contributed by atoms with Crippen molar-refractivity contribution in [2.75, 3.05) is 0 Å². The Labute approximate surface area is 613 Å². The Morgan fingerprint density at radius 2 is 0.434 bits per heavy atom. The van der Waals surface area contributed by atoms with Crippen molar-refractivity contribution in [1.82, 2.24) is 29.9 Å². The molecule has 0 unspecified atom stereocenters. The molecule has 0 radical (unpaired) electrons. The molecule has 0 atom stereocenters. The highest BCUT2D eigenvalue weighted by atomic mass is 16.5. The molecule has 4 heterocycles. The van der Waals surface area contributed by atoms with E-state index in [1.165, 1.54) is 44.5 Å². The first kappa shape index (κ1) is 60.7. The maximum absolute atomic E-state index is 7.04. The largest absolute Gasteiger partial charge is 0.457 e. The first-order valence-corrected chi connectivity index (χ1v) is 35.9. The minimum atomic E-state index is -0.558. The topological polar surface area (TPSA) is 95.8 Å². The fraction of sp³-hybridized carbons (Fsp3) is 0.0204. The van der Waals surface area contributed by atoms with Gasteiger partial charge >= 0.3 is 0 Å². The van der Waals surface area contributed by atoms with Gasteiger partial charge in [0, 0.05) is 61.2 Å². The number of benzene rings is 15. The summed E-state index contributed by atoms with van der Waals surface area (Å²) in [7, 11) is 0. The van der Waals surface area contributed by atoms with Crippen molar-refractivity contribution in [1.29, 1.82) is 0 Å². The van der Waals surface area contributed by atoms with Crippen LogP contribution in [0.1, 0.15) is 44.5 Å². The van der Waals surface area contributed by atoms with E-state index in [1.54, 1.807) is 0 Å². The maximum atomic E-state index is 7.04. The van der Waals surface area contributed by atoms with Gasteiger partial charge in [-0.1, -0.05) is 334 Å². The third kappa shape index (κ3) is 9.55. The van der Waals surface area contributed by atoms with Crippen LogP contribution in [-0.4, -0.2) is 29.9 Å². The summed E-state index contributed by atoms with van der Waals surface area (Å²) in [6.45, 7) is 0. The SMILES string of the molecule is c1ccc(-c2nc(-c3ccc(-c4ccc(-c5cccc(-c6nc(-c7ccccc7)nc(-c7ccc(-c8cccc9c8Oc8ccccc8C98c9ccccc9-c9ccccc98)cc7)n6)c5)cc4)cc3)nc(-c3ccc(-c4ccc5c(c4)C4(c6ccccc6O5)c5ccccc5-c5ccccc54)cc3)n2)cc1. The molecule has 21 rings (SSSR count). The van der Waals surface area contributed by atoms with Crippen LogP contribution in [0, 0.1) is 0 Å². The van der Waals surface area contributed by atoms with Gasteiger partial charge in [0.15, 0.2) is 34.9 Å². The lowest BCUT2D eigenvalue weighted by atomic mass is 9.65. The first-order chi connectivity index (χ1) is 52.5. The second-order valence-electron chi connectivity index (χ2n) is 27.5. The second-order valence-corrected chi connectivity index (χ2v) is 27.5. The molecular formula is C98H60N6O2. The van der Waals surface area contributed by atoms with Crippen molar-refractivity contribution < 1.29 is 9.47 Å². The van der Waals surface area contributed by atoms with Gasteiger partial charge in [0.25, 0.3) is 0 Å². The van der Waals surface area contributed by atoms with E-state index >= 15 is 0 Å². The van der Waals surface area contributed by atoms with E-state index in [0.29, 0.717) is 34.9 Å². The lowest BCUT2D eigenvalue weighted by Crippen LogP contribution is -2.32. The van der Waals surface area contributed by atoms with Crippen molar-refractivity contribution >= 4 is 0 Å². The Morgan fingerprint density at radius 1 is 0.160 bits per heavy atom. The van der Waals surface area contributed by atoms with Crippen LogP contribution in [0.4, 0.5) is 0 Å². The molecule has 4 aliphatic rings. The van der Waals surface area contributed by atoms with Crippen molar-refractivity contribution in [2.45, 2.75) is 10.8 Å². The van der Waals surface area contributed by atoms with Crippen LogP contribution in [0.15, 0.2) is 364 Å². The third-order valence-corrected chi connectivity index (χ3v) is 21.8. The average molecular weight is 1350 g/mol. The van der Waals surface area contributed by atoms with Crippen LogP contribution in [-0.2, 0) is 10.8 Å². The van der Waals surface area contributed by atoms with Crippen molar-refractivity contribution in [3.63, 3.8) is 0 Å². The highest BCUT2D eigenvalue weighted by Gasteiger charge is 2.53. The molecule has 0 amide bonds. The lowest BCUT2D eigenvalue weighted by Gasteiger charge is -2.40. The van der Waals surface area contributed by atoms with Crippen LogP contribution in [0.3, 0.4) is 0 Å². The summed E-state index contributed by atoms with van der Waals surface area (Å²) in [5.74, 6) is 6.97. The van der Waals surface area contributed by atoms with Crippen LogP contribution < -0.4 is 9.47 Å². The molecular weight excluding hydrogens is 1290 g/mol. The maximum Gasteiger partial charge on any atom is 0.164 e. The van der Waals surface area contributed by atoms with Gasteiger partial charge in [0.2, 0.25) is 0 Å². The van der Waals surface area contributed by atoms with E-state index < -0.39 is 10.8 Å². The van der Waals surface area contributed by atoms with E-state index in [-0.39, 0.29) is 0 Å². The van der Waals surface area contributed by atoms with E-state index in [0.717, 1.165) is 123 Å². The number of nitrogens with zero attached hydrogens (tertiary/aromatic N) is 6. The van der Waals surface area contributed by atoms with Gasteiger partial charge in [0.1, 0.15) is 23.0 Å². The molecule has 494 valence electrons. The molecule has 15 aromatic carbocycles. The average Bonchev–Trinajstić information content (AvgIpc) is 1.50. The Morgan fingerprint density at radius 3 is 0.887 bits per heavy atom. The zero-order valence-electron chi connectivity index (χ0n) is 57.1. The standard InChI is InChI=1S/C98H60N6O2/c1-3-21-66(22-4-1)91-99-93(102-94(100-91)69-53-47-64(48-54-69)72-57-58-89-86(60-72)98(83-36-15-17-39-87(83)105-89)81-34-13-9-29-77(81)78-30-10-14-35-82(78)98)68-51-45-62(46-52-68)61-41-43-63(44-42-61)71-25-19-26-73(59-71)96-103-92(67-23-5-2-6-24-67)101-95(104-96)70-55-49-65(50-56-70)74-31-20-38-85-90(74)106-88-40-18-16-37-84(88)97(85)79-32-11-7-27-75(79)76-28-8-12-33-80(76)97/h1-60H. The van der Waals surface area contributed by atoms with Gasteiger partial charge in [-0.05, 0) is 114 Å². The Hall–Kier alpha value is -14.1. The molecule has 0 bridgehead atoms. The second kappa shape index (κ2) is 24.3. The first-order valence-electron chi connectivity index (χ1n) is 35.9. The molecule has 2 aliphatic heterocycles. The molecule has 106 heavy (non-hydrogen) atoms. The zero-order valence-corrected chi connectivity index (χ0v) is 57.1. The monoisotopic (exact) mass is 1350 g/mol. The van der Waals surface area contributed by atoms with E-state index in [1.807, 2.05) is 60.7 Å². The number of hydrogen-bond acceptors (Lipinski definition) is 8. The fourth-order valence-electron chi connectivity index (χ4n) is 17.0. The van der Waals surface area contributed by atoms with Gasteiger partial charge in [-0.25, -0.2) is 29.9 Å². The Bertz CT molecular complexity index is 6290. The molecule has 2 spiro atoms. The van der Waals surface area contributed by atoms with Gasteiger partial charge in [-0.3, -0.25) is 0 Å². The van der Waals surface area contributed by atoms with Crippen molar-refractivity contribution in [2.24, 2.45) is 0 Å². The zero-order chi connectivity index (χ0) is 69.9. The van der Waals surface area contributed by atoms with E-state index in [4.69, 9.17) is 39.4 Å². The quantitative estimate of drug-likeness (QED) is 0.134. The number of ether oxygens (including phenoxy) is 2. The minimum absolute atomic E-state index is 0.556. The summed E-state index contributed by atoms with van der Waals surface area (Å²) in [6.07, 6.45) is 0.